The highest BCUT2D eigenvalue weighted by Gasteiger charge is 2.39. The van der Waals surface area contributed by atoms with Crippen LogP contribution in [0.5, 0.6) is 0 Å². The molecule has 5 nitrogen and oxygen atoms in total. The summed E-state index contributed by atoms with van der Waals surface area (Å²) in [6.45, 7) is 7.47. The molecule has 24 heavy (non-hydrogen) atoms. The molecule has 0 saturated carbocycles. The fraction of sp³-hybridized carbons (Fsp3) is 0.611. The van der Waals surface area contributed by atoms with Crippen LogP contribution in [-0.4, -0.2) is 72.2 Å². The Kier molecular flexibility index (Phi) is 5.06. The normalized spacial score (nSPS) is 26.0. The van der Waals surface area contributed by atoms with E-state index in [9.17, 15) is 14.3 Å². The average Bonchev–Trinajstić information content (AvgIpc) is 2.93. The van der Waals surface area contributed by atoms with Crippen molar-refractivity contribution in [2.24, 2.45) is 5.92 Å². The molecular weight excluding hydrogens is 309 g/mol. The monoisotopic (exact) mass is 335 g/mol. The molecule has 0 bridgehead atoms. The molecule has 2 atom stereocenters. The Labute approximate surface area is 142 Å². The Morgan fingerprint density at radius 1 is 1.25 bits per heavy atom. The van der Waals surface area contributed by atoms with Gasteiger partial charge in [0, 0.05) is 39.3 Å². The summed E-state index contributed by atoms with van der Waals surface area (Å²) in [5.74, 6) is -0.0135. The molecule has 0 aliphatic carbocycles. The Balaban J connectivity index is 1.81. The molecule has 2 saturated heterocycles. The lowest BCUT2D eigenvalue weighted by Gasteiger charge is -2.36. The molecule has 1 aromatic carbocycles. The first-order valence-corrected chi connectivity index (χ1v) is 8.62. The molecule has 2 aliphatic rings. The number of hydrogen-bond acceptors (Lipinski definition) is 3. The molecule has 0 aromatic heterocycles. The molecule has 6 heteroatoms. The summed E-state index contributed by atoms with van der Waals surface area (Å²) in [7, 11) is 2.13. The van der Waals surface area contributed by atoms with Gasteiger partial charge in [0.2, 0.25) is 0 Å². The van der Waals surface area contributed by atoms with Crippen molar-refractivity contribution in [3.05, 3.63) is 35.1 Å². The third-order valence-corrected chi connectivity index (χ3v) is 5.41. The highest BCUT2D eigenvalue weighted by molar-refractivity contribution is 5.66. The molecule has 2 heterocycles. The van der Waals surface area contributed by atoms with Crippen LogP contribution in [0.15, 0.2) is 18.2 Å². The summed E-state index contributed by atoms with van der Waals surface area (Å²) in [5, 5.41) is 9.58. The van der Waals surface area contributed by atoms with E-state index in [1.165, 1.54) is 17.0 Å². The molecule has 2 fully saturated rings. The summed E-state index contributed by atoms with van der Waals surface area (Å²) in [5.41, 5.74) is 1.77. The number of carboxylic acid groups (broad SMARTS) is 1. The molecule has 0 radical (unpaired) electrons. The third-order valence-electron chi connectivity index (χ3n) is 5.41. The number of halogens is 1. The first kappa shape index (κ1) is 17.2. The lowest BCUT2D eigenvalue weighted by atomic mass is 9.90. The second kappa shape index (κ2) is 7.07. The maximum atomic E-state index is 13.5. The van der Waals surface area contributed by atoms with Crippen LogP contribution in [0.3, 0.4) is 0 Å². The highest BCUT2D eigenvalue weighted by Crippen LogP contribution is 2.39. The van der Waals surface area contributed by atoms with E-state index >= 15 is 0 Å². The van der Waals surface area contributed by atoms with Crippen molar-refractivity contribution in [1.29, 1.82) is 0 Å². The van der Waals surface area contributed by atoms with Crippen LogP contribution in [0.25, 0.3) is 0 Å². The number of benzene rings is 1. The van der Waals surface area contributed by atoms with Crippen molar-refractivity contribution in [3.63, 3.8) is 0 Å². The van der Waals surface area contributed by atoms with Gasteiger partial charge in [0.25, 0.3) is 0 Å². The summed E-state index contributed by atoms with van der Waals surface area (Å²) < 4.78 is 13.5. The maximum absolute atomic E-state index is 13.5. The molecule has 2 aliphatic heterocycles. The SMILES string of the molecule is Cc1cc(F)ccc1[C@@H]1[C@@H](CN2CCN(C)CC2)CCN1C(=O)O. The first-order chi connectivity index (χ1) is 11.5. The highest BCUT2D eigenvalue weighted by atomic mass is 19.1. The molecule has 3 rings (SSSR count). The van der Waals surface area contributed by atoms with Gasteiger partial charge in [0.1, 0.15) is 5.82 Å². The number of aryl methyl sites for hydroxylation is 1. The molecule has 1 N–H and O–H groups in total. The zero-order valence-corrected chi connectivity index (χ0v) is 14.4. The van der Waals surface area contributed by atoms with Gasteiger partial charge in [-0.3, -0.25) is 0 Å². The number of rotatable bonds is 3. The van der Waals surface area contributed by atoms with Gasteiger partial charge in [-0.05, 0) is 49.6 Å². The van der Waals surface area contributed by atoms with Crippen LogP contribution in [0.4, 0.5) is 9.18 Å². The quantitative estimate of drug-likeness (QED) is 0.922. The van der Waals surface area contributed by atoms with Crippen molar-refractivity contribution in [3.8, 4) is 0 Å². The second-order valence-corrected chi connectivity index (χ2v) is 7.07. The van der Waals surface area contributed by atoms with E-state index in [2.05, 4.69) is 16.8 Å². The van der Waals surface area contributed by atoms with Gasteiger partial charge in [-0.25, -0.2) is 9.18 Å². The lowest BCUT2D eigenvalue weighted by molar-refractivity contribution is 0.111. The minimum absolute atomic E-state index is 0.178. The zero-order chi connectivity index (χ0) is 17.3. The van der Waals surface area contributed by atoms with Crippen LogP contribution in [-0.2, 0) is 0 Å². The predicted molar refractivity (Wildman–Crippen MR) is 90.7 cm³/mol. The minimum atomic E-state index is -0.885. The molecule has 132 valence electrons. The van der Waals surface area contributed by atoms with E-state index in [0.29, 0.717) is 6.54 Å². The van der Waals surface area contributed by atoms with Gasteiger partial charge in [0.15, 0.2) is 0 Å². The van der Waals surface area contributed by atoms with Crippen molar-refractivity contribution in [1.82, 2.24) is 14.7 Å². The zero-order valence-electron chi connectivity index (χ0n) is 14.4. The van der Waals surface area contributed by atoms with Gasteiger partial charge in [-0.15, -0.1) is 0 Å². The van der Waals surface area contributed by atoms with E-state index in [-0.39, 0.29) is 17.8 Å². The summed E-state index contributed by atoms with van der Waals surface area (Å²) in [6.07, 6.45) is -0.0234. The van der Waals surface area contributed by atoms with E-state index in [0.717, 1.165) is 50.3 Å². The maximum Gasteiger partial charge on any atom is 0.407 e. The third kappa shape index (κ3) is 3.54. The number of likely N-dealkylation sites (tertiary alicyclic amines) is 1. The van der Waals surface area contributed by atoms with Crippen molar-refractivity contribution >= 4 is 6.09 Å². The number of carbonyl (C=O) groups is 1. The van der Waals surface area contributed by atoms with Gasteiger partial charge in [-0.2, -0.15) is 0 Å². The summed E-state index contributed by atoms with van der Waals surface area (Å²) in [4.78, 5) is 18.0. The van der Waals surface area contributed by atoms with E-state index in [1.54, 1.807) is 6.07 Å². The molecule has 0 unspecified atom stereocenters. The van der Waals surface area contributed by atoms with Crippen LogP contribution >= 0.6 is 0 Å². The van der Waals surface area contributed by atoms with Gasteiger partial charge >= 0.3 is 6.09 Å². The first-order valence-electron chi connectivity index (χ1n) is 8.62. The number of piperazine rings is 1. The topological polar surface area (TPSA) is 47.0 Å². The Bertz CT molecular complexity index is 602. The van der Waals surface area contributed by atoms with Crippen LogP contribution < -0.4 is 0 Å². The number of nitrogens with zero attached hydrogens (tertiary/aromatic N) is 3. The number of amides is 1. The Morgan fingerprint density at radius 3 is 2.58 bits per heavy atom. The Morgan fingerprint density at radius 2 is 1.96 bits per heavy atom. The summed E-state index contributed by atoms with van der Waals surface area (Å²) >= 11 is 0. The van der Waals surface area contributed by atoms with Crippen molar-refractivity contribution < 1.29 is 14.3 Å². The average molecular weight is 335 g/mol. The number of hydrogen-bond donors (Lipinski definition) is 1. The van der Waals surface area contributed by atoms with Crippen LogP contribution in [0, 0.1) is 18.7 Å². The standard InChI is InChI=1S/C18H26FN3O2/c1-13-11-15(19)3-4-16(13)17-14(5-6-22(17)18(23)24)12-21-9-7-20(2)8-10-21/h3-4,11,14,17H,5-10,12H2,1-2H3,(H,23,24)/t14-,17+/m1/s1. The van der Waals surface area contributed by atoms with Crippen molar-refractivity contribution in [2.75, 3.05) is 46.3 Å². The molecular formula is C18H26FN3O2. The second-order valence-electron chi connectivity index (χ2n) is 7.07. The van der Waals surface area contributed by atoms with Gasteiger partial charge in [-0.1, -0.05) is 6.07 Å². The van der Waals surface area contributed by atoms with Gasteiger partial charge < -0.3 is 19.8 Å². The predicted octanol–water partition coefficient (Wildman–Crippen LogP) is 2.42. The van der Waals surface area contributed by atoms with Gasteiger partial charge in [0.05, 0.1) is 6.04 Å². The molecule has 1 aromatic rings. The smallest absolute Gasteiger partial charge is 0.407 e. The lowest BCUT2D eigenvalue weighted by Crippen LogP contribution is -2.46. The summed E-state index contributed by atoms with van der Waals surface area (Å²) in [6, 6.07) is 4.52. The molecule has 1 amide bonds. The van der Waals surface area contributed by atoms with E-state index < -0.39 is 6.09 Å². The fourth-order valence-corrected chi connectivity index (χ4v) is 4.02. The Hall–Kier alpha value is -1.66. The minimum Gasteiger partial charge on any atom is -0.465 e. The van der Waals surface area contributed by atoms with Crippen molar-refractivity contribution in [2.45, 2.75) is 19.4 Å². The van der Waals surface area contributed by atoms with Crippen LogP contribution in [0.1, 0.15) is 23.6 Å². The molecule has 0 spiro atoms. The van der Waals surface area contributed by atoms with E-state index in [4.69, 9.17) is 0 Å². The fourth-order valence-electron chi connectivity index (χ4n) is 4.02. The number of likely N-dealkylation sites (N-methyl/N-ethyl adjacent to an activating group) is 1. The largest absolute Gasteiger partial charge is 0.465 e. The van der Waals surface area contributed by atoms with E-state index in [1.807, 2.05) is 6.92 Å². The van der Waals surface area contributed by atoms with Crippen LogP contribution in [0.2, 0.25) is 0 Å².